The number of carbonyl (C=O) groups is 5. The van der Waals surface area contributed by atoms with Gasteiger partial charge in [-0.2, -0.15) is 0 Å². The number of rotatable bonds is 12. The van der Waals surface area contributed by atoms with Crippen molar-refractivity contribution >= 4 is 30.1 Å². The molecule has 0 saturated heterocycles. The van der Waals surface area contributed by atoms with Crippen molar-refractivity contribution < 1.29 is 43.3 Å². The number of carbonyl (C=O) groups excluding carboxylic acids is 5. The zero-order valence-electron chi connectivity index (χ0n) is 25.1. The first-order valence-corrected chi connectivity index (χ1v) is 13.0. The summed E-state index contributed by atoms with van der Waals surface area (Å²) in [6.07, 6.45) is -3.62. The molecule has 0 aliphatic rings. The Kier molecular flexibility index (Phi) is 14.7. The highest BCUT2D eigenvalue weighted by molar-refractivity contribution is 5.87. The summed E-state index contributed by atoms with van der Waals surface area (Å²) < 4.78 is 15.4. The van der Waals surface area contributed by atoms with E-state index in [1.807, 2.05) is 0 Å². The maximum absolute atomic E-state index is 12.8. The number of aliphatic hydroxyl groups excluding tert-OH is 1. The van der Waals surface area contributed by atoms with Gasteiger partial charge in [0, 0.05) is 26.2 Å². The lowest BCUT2D eigenvalue weighted by Crippen LogP contribution is -2.54. The highest BCUT2D eigenvalue weighted by Gasteiger charge is 2.27. The number of amides is 5. The SMILES string of the molecule is CC(C)(C)OC(=O)NCC(O)CNC(=O)[C@H](CCNC(=O)[C@H](CN)NC(=O)OC(C)(C)C)NC(=O)OC(C)(C)C. The molecule has 1 unspecified atom stereocenters. The van der Waals surface area contributed by atoms with Gasteiger partial charge in [0.1, 0.15) is 28.9 Å². The van der Waals surface area contributed by atoms with Crippen LogP contribution in [0.15, 0.2) is 0 Å². The Bertz CT molecular complexity index is 862. The second kappa shape index (κ2) is 16.1. The summed E-state index contributed by atoms with van der Waals surface area (Å²) in [6.45, 7) is 14.3. The molecule has 15 nitrogen and oxygen atoms in total. The number of alkyl carbamates (subject to hydrolysis) is 3. The summed E-state index contributed by atoms with van der Waals surface area (Å²) >= 11 is 0. The third kappa shape index (κ3) is 18.8. The predicted octanol–water partition coefficient (Wildman–Crippen LogP) is 0.240. The van der Waals surface area contributed by atoms with Crippen LogP contribution in [-0.4, -0.2) is 96.4 Å². The van der Waals surface area contributed by atoms with Gasteiger partial charge in [-0.3, -0.25) is 9.59 Å². The van der Waals surface area contributed by atoms with E-state index >= 15 is 0 Å². The number of hydrogen-bond acceptors (Lipinski definition) is 10. The van der Waals surface area contributed by atoms with Crippen LogP contribution >= 0.6 is 0 Å². The largest absolute Gasteiger partial charge is 0.444 e. The molecule has 0 rings (SSSR count). The molecule has 8 N–H and O–H groups in total. The van der Waals surface area contributed by atoms with Gasteiger partial charge in [-0.05, 0) is 68.7 Å². The van der Waals surface area contributed by atoms with Gasteiger partial charge in [-0.25, -0.2) is 14.4 Å². The fourth-order valence-corrected chi connectivity index (χ4v) is 2.79. The Labute approximate surface area is 236 Å². The molecule has 0 radical (unpaired) electrons. The molecule has 0 fully saturated rings. The second-order valence-corrected chi connectivity index (χ2v) is 12.0. The molecule has 0 heterocycles. The third-order valence-corrected chi connectivity index (χ3v) is 4.38. The maximum Gasteiger partial charge on any atom is 0.408 e. The van der Waals surface area contributed by atoms with E-state index in [-0.39, 0.29) is 32.6 Å². The summed E-state index contributed by atoms with van der Waals surface area (Å²) in [5, 5.41) is 22.4. The zero-order valence-corrected chi connectivity index (χ0v) is 25.1. The summed E-state index contributed by atoms with van der Waals surface area (Å²) in [4.78, 5) is 61.3. The Morgan fingerprint density at radius 2 is 1.05 bits per heavy atom. The van der Waals surface area contributed by atoms with Crippen LogP contribution in [0.1, 0.15) is 68.7 Å². The number of aliphatic hydroxyl groups is 1. The molecule has 0 aliphatic heterocycles. The van der Waals surface area contributed by atoms with Crippen molar-refractivity contribution in [2.75, 3.05) is 26.2 Å². The highest BCUT2D eigenvalue weighted by atomic mass is 16.6. The maximum atomic E-state index is 12.8. The summed E-state index contributed by atoms with van der Waals surface area (Å²) in [7, 11) is 0. The first-order valence-electron chi connectivity index (χ1n) is 13.0. The minimum atomic E-state index is -1.16. The first-order chi connectivity index (χ1) is 18.1. The van der Waals surface area contributed by atoms with Gasteiger partial charge >= 0.3 is 18.3 Å². The summed E-state index contributed by atoms with van der Waals surface area (Å²) in [5.41, 5.74) is 3.29. The molecule has 0 aromatic rings. The van der Waals surface area contributed by atoms with E-state index < -0.39 is 65.1 Å². The van der Waals surface area contributed by atoms with Crippen LogP contribution in [0.5, 0.6) is 0 Å². The predicted molar refractivity (Wildman–Crippen MR) is 146 cm³/mol. The van der Waals surface area contributed by atoms with E-state index in [0.717, 1.165) is 0 Å². The summed E-state index contributed by atoms with van der Waals surface area (Å²) in [6, 6.07) is -2.25. The van der Waals surface area contributed by atoms with Crippen LogP contribution in [0, 0.1) is 0 Å². The minimum Gasteiger partial charge on any atom is -0.444 e. The van der Waals surface area contributed by atoms with E-state index in [4.69, 9.17) is 19.9 Å². The van der Waals surface area contributed by atoms with Gasteiger partial charge in [0.25, 0.3) is 0 Å². The number of hydrogen-bond donors (Lipinski definition) is 7. The molecular formula is C25H48N6O9. The molecule has 0 bridgehead atoms. The van der Waals surface area contributed by atoms with Crippen molar-refractivity contribution in [3.05, 3.63) is 0 Å². The topological polar surface area (TPSA) is 219 Å². The molecule has 5 amide bonds. The number of nitrogens with one attached hydrogen (secondary N) is 5. The molecular weight excluding hydrogens is 528 g/mol. The van der Waals surface area contributed by atoms with Crippen LogP contribution in [0.3, 0.4) is 0 Å². The van der Waals surface area contributed by atoms with E-state index in [1.54, 1.807) is 62.3 Å². The lowest BCUT2D eigenvalue weighted by molar-refractivity contribution is -0.125. The molecule has 3 atom stereocenters. The van der Waals surface area contributed by atoms with Gasteiger partial charge < -0.3 is 51.6 Å². The fourth-order valence-electron chi connectivity index (χ4n) is 2.79. The third-order valence-electron chi connectivity index (χ3n) is 4.38. The average Bonchev–Trinajstić information content (AvgIpc) is 2.75. The highest BCUT2D eigenvalue weighted by Crippen LogP contribution is 2.08. The zero-order chi connectivity index (χ0) is 31.3. The molecule has 0 spiro atoms. The van der Waals surface area contributed by atoms with Crippen molar-refractivity contribution in [1.82, 2.24) is 26.6 Å². The molecule has 40 heavy (non-hydrogen) atoms. The van der Waals surface area contributed by atoms with Gasteiger partial charge in [0.15, 0.2) is 0 Å². The van der Waals surface area contributed by atoms with Gasteiger partial charge in [-0.1, -0.05) is 0 Å². The number of nitrogens with two attached hydrogens (primary N) is 1. The Morgan fingerprint density at radius 1 is 0.650 bits per heavy atom. The normalized spacial score (nSPS) is 14.1. The molecule has 0 aromatic carbocycles. The molecule has 0 aromatic heterocycles. The Morgan fingerprint density at radius 3 is 1.50 bits per heavy atom. The smallest absolute Gasteiger partial charge is 0.408 e. The molecule has 0 aliphatic carbocycles. The van der Waals surface area contributed by atoms with E-state index in [2.05, 4.69) is 26.6 Å². The minimum absolute atomic E-state index is 0.0627. The van der Waals surface area contributed by atoms with E-state index in [1.165, 1.54) is 0 Å². The second-order valence-electron chi connectivity index (χ2n) is 12.0. The van der Waals surface area contributed by atoms with Crippen molar-refractivity contribution in [3.8, 4) is 0 Å². The molecule has 15 heteroatoms. The van der Waals surface area contributed by atoms with E-state index in [0.29, 0.717) is 0 Å². The Hall–Kier alpha value is -3.33. The monoisotopic (exact) mass is 576 g/mol. The summed E-state index contributed by atoms with van der Waals surface area (Å²) in [5.74, 6) is -1.29. The quantitative estimate of drug-likeness (QED) is 0.157. The van der Waals surface area contributed by atoms with Crippen LogP contribution in [0.4, 0.5) is 14.4 Å². The van der Waals surface area contributed by atoms with Crippen LogP contribution < -0.4 is 32.3 Å². The molecule has 232 valence electrons. The van der Waals surface area contributed by atoms with Crippen LogP contribution in [0.25, 0.3) is 0 Å². The van der Waals surface area contributed by atoms with Gasteiger partial charge in [0.2, 0.25) is 11.8 Å². The van der Waals surface area contributed by atoms with Crippen molar-refractivity contribution in [3.63, 3.8) is 0 Å². The van der Waals surface area contributed by atoms with Crippen molar-refractivity contribution in [2.24, 2.45) is 5.73 Å². The van der Waals surface area contributed by atoms with Crippen molar-refractivity contribution in [2.45, 2.75) is 104 Å². The Balaban J connectivity index is 5.06. The number of ether oxygens (including phenoxy) is 3. The van der Waals surface area contributed by atoms with Crippen LogP contribution in [-0.2, 0) is 23.8 Å². The van der Waals surface area contributed by atoms with Crippen LogP contribution in [0.2, 0.25) is 0 Å². The molecule has 0 saturated carbocycles. The van der Waals surface area contributed by atoms with Gasteiger partial charge in [0.05, 0.1) is 6.10 Å². The average molecular weight is 577 g/mol. The first kappa shape index (κ1) is 36.7. The standard InChI is InChI=1S/C25H48N6O9/c1-23(2,3)38-20(35)29-14-15(32)13-28-18(33)16(30-21(36)39-24(4,5)6)10-11-27-19(34)17(12-26)31-22(37)40-25(7,8)9/h15-17,32H,10-14,26H2,1-9H3,(H,27,34)(H,28,33)(H,29,35)(H,30,36)(H,31,37)/t15?,16-,17-/m0/s1. The van der Waals surface area contributed by atoms with Crippen molar-refractivity contribution in [1.29, 1.82) is 0 Å². The van der Waals surface area contributed by atoms with Gasteiger partial charge in [-0.15, -0.1) is 0 Å². The lowest BCUT2D eigenvalue weighted by atomic mass is 10.1. The van der Waals surface area contributed by atoms with E-state index in [9.17, 15) is 29.1 Å². The lowest BCUT2D eigenvalue weighted by Gasteiger charge is -2.25. The fraction of sp³-hybridized carbons (Fsp3) is 0.800.